The maximum Gasteiger partial charge on any atom is 0.526 e. The number of rotatable bonds is 5. The molecule has 0 aromatic heterocycles. The minimum atomic E-state index is -1.34. The molecule has 2 rings (SSSR count). The second-order valence-electron chi connectivity index (χ2n) is 4.88. The van der Waals surface area contributed by atoms with Gasteiger partial charge in [-0.1, -0.05) is 12.1 Å². The van der Waals surface area contributed by atoms with Gasteiger partial charge in [0, 0.05) is 12.2 Å². The Labute approximate surface area is 120 Å². The largest absolute Gasteiger partial charge is 0.535 e. The molecule has 0 fully saturated rings. The summed E-state index contributed by atoms with van der Waals surface area (Å²) in [5.41, 5.74) is 0.523. The van der Waals surface area contributed by atoms with Crippen LogP contribution in [0.5, 0.6) is 5.75 Å². The predicted octanol–water partition coefficient (Wildman–Crippen LogP) is 0.604. The van der Waals surface area contributed by atoms with Crippen molar-refractivity contribution >= 4 is 24.8 Å². The van der Waals surface area contributed by atoms with Crippen molar-refractivity contribution in [2.75, 3.05) is 0 Å². The van der Waals surface area contributed by atoms with Gasteiger partial charge in [0.2, 0.25) is 0 Å². The highest BCUT2D eigenvalue weighted by atomic mass is 16.5. The van der Waals surface area contributed by atoms with E-state index >= 15 is 0 Å². The van der Waals surface area contributed by atoms with Gasteiger partial charge in [-0.3, -0.25) is 9.59 Å². The Morgan fingerprint density at radius 2 is 2.00 bits per heavy atom. The first-order chi connectivity index (χ1) is 9.88. The van der Waals surface area contributed by atoms with Gasteiger partial charge < -0.3 is 19.9 Å². The van der Waals surface area contributed by atoms with Gasteiger partial charge >= 0.3 is 19.1 Å². The fourth-order valence-corrected chi connectivity index (χ4v) is 2.36. The Morgan fingerprint density at radius 1 is 1.29 bits per heavy atom. The molecule has 0 amide bonds. The van der Waals surface area contributed by atoms with Gasteiger partial charge in [-0.2, -0.15) is 0 Å². The molecule has 110 valence electrons. The first-order valence-corrected chi connectivity index (χ1v) is 6.32. The summed E-state index contributed by atoms with van der Waals surface area (Å²) in [6.45, 7) is 0. The number of benzene rings is 1. The van der Waals surface area contributed by atoms with Crippen LogP contribution in [-0.4, -0.2) is 40.1 Å². The maximum atomic E-state index is 11.5. The van der Waals surface area contributed by atoms with Crippen LogP contribution in [-0.2, 0) is 16.0 Å². The molecule has 0 radical (unpaired) electrons. The maximum absolute atomic E-state index is 11.5. The lowest BCUT2D eigenvalue weighted by Crippen LogP contribution is -2.36. The molecule has 1 aliphatic rings. The standard InChI is InChI=1S/C13H13BO7/c15-9(6-11(16)17)5-8-4-7-2-1-3-10(13(18)19)12(7)21-14(8)20/h1-3,8,20H,4-6H2,(H,16,17)(H,18,19)/t8-/m1/s1. The molecular weight excluding hydrogens is 279 g/mol. The van der Waals surface area contributed by atoms with Gasteiger partial charge in [-0.05, 0) is 18.1 Å². The predicted molar refractivity (Wildman–Crippen MR) is 71.3 cm³/mol. The third-order valence-electron chi connectivity index (χ3n) is 3.29. The molecule has 0 saturated carbocycles. The van der Waals surface area contributed by atoms with Gasteiger partial charge in [0.1, 0.15) is 18.0 Å². The summed E-state index contributed by atoms with van der Waals surface area (Å²) in [4.78, 5) is 33.1. The molecule has 8 heteroatoms. The number of fused-ring (bicyclic) bond motifs is 1. The van der Waals surface area contributed by atoms with Gasteiger partial charge in [0.15, 0.2) is 0 Å². The fraction of sp³-hybridized carbons (Fsp3) is 0.308. The number of carboxylic acids is 2. The molecular formula is C13H13BO7. The molecule has 0 saturated heterocycles. The smallest absolute Gasteiger partial charge is 0.526 e. The Hall–Kier alpha value is -2.35. The summed E-state index contributed by atoms with van der Waals surface area (Å²) >= 11 is 0. The summed E-state index contributed by atoms with van der Waals surface area (Å²) < 4.78 is 5.22. The molecule has 1 aliphatic heterocycles. The first-order valence-electron chi connectivity index (χ1n) is 6.32. The second kappa shape index (κ2) is 5.96. The summed E-state index contributed by atoms with van der Waals surface area (Å²) in [6.07, 6.45) is -0.488. The first kappa shape index (κ1) is 15.1. The number of hydrogen-bond acceptors (Lipinski definition) is 5. The zero-order chi connectivity index (χ0) is 15.6. The molecule has 1 atom stereocenters. The molecule has 3 N–H and O–H groups in total. The van der Waals surface area contributed by atoms with Crippen LogP contribution < -0.4 is 4.65 Å². The van der Waals surface area contributed by atoms with Crippen LogP contribution in [0.15, 0.2) is 18.2 Å². The number of para-hydroxylation sites is 1. The SMILES string of the molecule is O=C(O)CC(=O)C[C@H]1Cc2cccc(C(=O)O)c2OB1O. The number of carbonyl (C=O) groups is 3. The van der Waals surface area contributed by atoms with Crippen LogP contribution in [0.3, 0.4) is 0 Å². The van der Waals surface area contributed by atoms with Crippen molar-refractivity contribution in [1.29, 1.82) is 0 Å². The Balaban J connectivity index is 2.17. The van der Waals surface area contributed by atoms with Crippen LogP contribution in [0.1, 0.15) is 28.8 Å². The van der Waals surface area contributed by atoms with Gasteiger partial charge in [-0.25, -0.2) is 4.79 Å². The van der Waals surface area contributed by atoms with E-state index in [9.17, 15) is 19.4 Å². The average Bonchev–Trinajstić information content (AvgIpc) is 2.37. The Kier molecular flexibility index (Phi) is 4.27. The number of hydrogen-bond donors (Lipinski definition) is 3. The zero-order valence-electron chi connectivity index (χ0n) is 11.0. The van der Waals surface area contributed by atoms with Crippen LogP contribution in [0.2, 0.25) is 5.82 Å². The molecule has 0 unspecified atom stereocenters. The topological polar surface area (TPSA) is 121 Å². The van der Waals surface area contributed by atoms with Crippen molar-refractivity contribution in [3.63, 3.8) is 0 Å². The summed E-state index contributed by atoms with van der Waals surface area (Å²) in [7, 11) is -1.34. The molecule has 0 bridgehead atoms. The van der Waals surface area contributed by atoms with E-state index in [2.05, 4.69) is 0 Å². The monoisotopic (exact) mass is 292 g/mol. The zero-order valence-corrected chi connectivity index (χ0v) is 11.0. The van der Waals surface area contributed by atoms with Gasteiger partial charge in [0.25, 0.3) is 0 Å². The molecule has 0 spiro atoms. The average molecular weight is 292 g/mol. The van der Waals surface area contributed by atoms with Crippen molar-refractivity contribution in [2.24, 2.45) is 0 Å². The molecule has 1 aromatic rings. The third kappa shape index (κ3) is 3.40. The lowest BCUT2D eigenvalue weighted by molar-refractivity contribution is -0.140. The highest BCUT2D eigenvalue weighted by Gasteiger charge is 2.37. The Bertz CT molecular complexity index is 598. The summed E-state index contributed by atoms with van der Waals surface area (Å²) in [5.74, 6) is -3.39. The fourth-order valence-electron chi connectivity index (χ4n) is 2.36. The highest BCUT2D eigenvalue weighted by molar-refractivity contribution is 6.47. The Morgan fingerprint density at radius 3 is 2.62 bits per heavy atom. The highest BCUT2D eigenvalue weighted by Crippen LogP contribution is 2.36. The van der Waals surface area contributed by atoms with Crippen LogP contribution in [0, 0.1) is 0 Å². The number of aromatic carboxylic acids is 1. The van der Waals surface area contributed by atoms with Crippen LogP contribution in [0.25, 0.3) is 0 Å². The minimum Gasteiger partial charge on any atom is -0.535 e. The van der Waals surface area contributed by atoms with E-state index in [1.807, 2.05) is 0 Å². The minimum absolute atomic E-state index is 0.0538. The van der Waals surface area contributed by atoms with E-state index in [1.165, 1.54) is 6.07 Å². The number of carbonyl (C=O) groups excluding carboxylic acids is 1. The molecule has 21 heavy (non-hydrogen) atoms. The van der Waals surface area contributed by atoms with Crippen LogP contribution >= 0.6 is 0 Å². The molecule has 1 aromatic carbocycles. The van der Waals surface area contributed by atoms with Crippen molar-refractivity contribution in [3.05, 3.63) is 29.3 Å². The van der Waals surface area contributed by atoms with Crippen LogP contribution in [0.4, 0.5) is 0 Å². The van der Waals surface area contributed by atoms with Gasteiger partial charge in [0.05, 0.1) is 5.56 Å². The molecule has 7 nitrogen and oxygen atoms in total. The van der Waals surface area contributed by atoms with E-state index in [0.29, 0.717) is 5.56 Å². The normalized spacial score (nSPS) is 16.8. The summed E-state index contributed by atoms with van der Waals surface area (Å²) in [5, 5.41) is 27.5. The molecule has 1 heterocycles. The van der Waals surface area contributed by atoms with E-state index < -0.39 is 37.1 Å². The van der Waals surface area contributed by atoms with Crippen molar-refractivity contribution in [3.8, 4) is 5.75 Å². The van der Waals surface area contributed by atoms with E-state index in [0.717, 1.165) is 0 Å². The van der Waals surface area contributed by atoms with Crippen molar-refractivity contribution in [2.45, 2.75) is 25.1 Å². The van der Waals surface area contributed by atoms with Crippen molar-refractivity contribution in [1.82, 2.24) is 0 Å². The second-order valence-corrected chi connectivity index (χ2v) is 4.88. The van der Waals surface area contributed by atoms with E-state index in [4.69, 9.17) is 14.9 Å². The van der Waals surface area contributed by atoms with E-state index in [1.54, 1.807) is 12.1 Å². The third-order valence-corrected chi connectivity index (χ3v) is 3.29. The lowest BCUT2D eigenvalue weighted by Gasteiger charge is -2.27. The quantitative estimate of drug-likeness (QED) is 0.536. The van der Waals surface area contributed by atoms with Gasteiger partial charge in [-0.15, -0.1) is 0 Å². The lowest BCUT2D eigenvalue weighted by atomic mass is 9.64. The number of ketones is 1. The van der Waals surface area contributed by atoms with E-state index in [-0.39, 0.29) is 24.2 Å². The summed E-state index contributed by atoms with van der Waals surface area (Å²) in [6, 6.07) is 4.57. The molecule has 0 aliphatic carbocycles. The van der Waals surface area contributed by atoms with Crippen molar-refractivity contribution < 1.29 is 34.3 Å². The number of Topliss-reactive ketones (excluding diaryl/α,β-unsaturated/α-hetero) is 1. The number of carboxylic acid groups (broad SMARTS) is 2. The number of aliphatic carboxylic acids is 1.